The molecule has 1 N–H and O–H groups in total. The van der Waals surface area contributed by atoms with Crippen molar-refractivity contribution in [3.63, 3.8) is 0 Å². The van der Waals surface area contributed by atoms with E-state index >= 15 is 0 Å². The van der Waals surface area contributed by atoms with Gasteiger partial charge in [-0.1, -0.05) is 19.1 Å². The number of thiophene rings is 1. The summed E-state index contributed by atoms with van der Waals surface area (Å²) in [4.78, 5) is 2.24. The zero-order valence-corrected chi connectivity index (χ0v) is 11.8. The van der Waals surface area contributed by atoms with E-state index in [1.807, 2.05) is 25.1 Å². The Morgan fingerprint density at radius 1 is 1.28 bits per heavy atom. The lowest BCUT2D eigenvalue weighted by atomic mass is 10.1. The lowest BCUT2D eigenvalue weighted by molar-refractivity contribution is 0.607. The first-order valence-electron chi connectivity index (χ1n) is 6.21. The van der Waals surface area contributed by atoms with Crippen LogP contribution in [0.1, 0.15) is 30.3 Å². The van der Waals surface area contributed by atoms with E-state index in [1.165, 1.54) is 4.88 Å². The van der Waals surface area contributed by atoms with E-state index in [0.717, 1.165) is 17.0 Å². The summed E-state index contributed by atoms with van der Waals surface area (Å²) in [7, 11) is 0. The average Bonchev–Trinajstić information content (AvgIpc) is 2.78. The highest BCUT2D eigenvalue weighted by atomic mass is 32.1. The van der Waals surface area contributed by atoms with E-state index < -0.39 is 0 Å². The molecular weight excluding hydrogens is 245 g/mol. The molecule has 1 aromatic carbocycles. The van der Waals surface area contributed by atoms with Crippen molar-refractivity contribution in [2.75, 3.05) is 6.54 Å². The Hall–Kier alpha value is -1.19. The van der Waals surface area contributed by atoms with Gasteiger partial charge in [0.2, 0.25) is 0 Å². The topological polar surface area (TPSA) is 12.0 Å². The average molecular weight is 263 g/mol. The molecule has 2 aromatic rings. The minimum Gasteiger partial charge on any atom is -0.310 e. The predicted octanol–water partition coefficient (Wildman–Crippen LogP) is 4.53. The molecule has 0 saturated heterocycles. The summed E-state index contributed by atoms with van der Waals surface area (Å²) in [6.45, 7) is 7.06. The van der Waals surface area contributed by atoms with Crippen LogP contribution in [-0.4, -0.2) is 6.54 Å². The molecule has 1 aromatic heterocycles. The molecule has 0 aliphatic rings. The highest BCUT2D eigenvalue weighted by Crippen LogP contribution is 2.33. The molecule has 0 saturated carbocycles. The lowest BCUT2D eigenvalue weighted by Gasteiger charge is -2.09. The normalized spacial score (nSPS) is 12.7. The third kappa shape index (κ3) is 2.79. The van der Waals surface area contributed by atoms with Crippen LogP contribution in [0.15, 0.2) is 30.3 Å². The Balaban J connectivity index is 2.29. The van der Waals surface area contributed by atoms with E-state index in [9.17, 15) is 4.39 Å². The molecule has 0 fully saturated rings. The van der Waals surface area contributed by atoms with Crippen LogP contribution in [0.3, 0.4) is 0 Å². The summed E-state index contributed by atoms with van der Waals surface area (Å²) in [6.07, 6.45) is 0. The van der Waals surface area contributed by atoms with Crippen LogP contribution >= 0.6 is 11.3 Å². The largest absolute Gasteiger partial charge is 0.310 e. The smallest absolute Gasteiger partial charge is 0.132 e. The fourth-order valence-corrected chi connectivity index (χ4v) is 3.02. The van der Waals surface area contributed by atoms with Crippen molar-refractivity contribution in [2.24, 2.45) is 0 Å². The summed E-state index contributed by atoms with van der Waals surface area (Å²) in [5.74, 6) is -0.139. The second-order valence-corrected chi connectivity index (χ2v) is 5.58. The molecule has 0 spiro atoms. The molecule has 18 heavy (non-hydrogen) atoms. The molecule has 0 amide bonds. The molecule has 96 valence electrons. The quantitative estimate of drug-likeness (QED) is 0.854. The second kappa shape index (κ2) is 5.63. The lowest BCUT2D eigenvalue weighted by Crippen LogP contribution is -2.16. The van der Waals surface area contributed by atoms with Crippen molar-refractivity contribution in [1.82, 2.24) is 5.32 Å². The van der Waals surface area contributed by atoms with Crippen LogP contribution < -0.4 is 5.32 Å². The third-order valence-corrected chi connectivity index (χ3v) is 4.26. The Morgan fingerprint density at radius 2 is 2.06 bits per heavy atom. The van der Waals surface area contributed by atoms with Gasteiger partial charge in [-0.15, -0.1) is 11.3 Å². The van der Waals surface area contributed by atoms with Crippen molar-refractivity contribution in [3.05, 3.63) is 46.6 Å². The maximum Gasteiger partial charge on any atom is 0.132 e. The maximum absolute atomic E-state index is 13.9. The van der Waals surface area contributed by atoms with Crippen LogP contribution in [0.2, 0.25) is 0 Å². The molecule has 1 unspecified atom stereocenters. The van der Waals surface area contributed by atoms with E-state index in [0.29, 0.717) is 11.6 Å². The van der Waals surface area contributed by atoms with Crippen molar-refractivity contribution in [2.45, 2.75) is 26.8 Å². The molecular formula is C15H18FNS. The fraction of sp³-hybridized carbons (Fsp3) is 0.333. The van der Waals surface area contributed by atoms with Gasteiger partial charge in [-0.25, -0.2) is 4.39 Å². The van der Waals surface area contributed by atoms with Gasteiger partial charge in [-0.2, -0.15) is 0 Å². The molecule has 1 nitrogen and oxygen atoms in total. The molecule has 0 aliphatic carbocycles. The van der Waals surface area contributed by atoms with Gasteiger partial charge in [0.25, 0.3) is 0 Å². The van der Waals surface area contributed by atoms with Gasteiger partial charge >= 0.3 is 0 Å². The van der Waals surface area contributed by atoms with Crippen LogP contribution in [0.5, 0.6) is 0 Å². The highest BCUT2D eigenvalue weighted by molar-refractivity contribution is 7.15. The van der Waals surface area contributed by atoms with Gasteiger partial charge in [0.05, 0.1) is 0 Å². The Morgan fingerprint density at radius 3 is 2.72 bits per heavy atom. The fourth-order valence-electron chi connectivity index (χ4n) is 1.96. The predicted molar refractivity (Wildman–Crippen MR) is 76.5 cm³/mol. The Labute approximate surface area is 112 Å². The van der Waals surface area contributed by atoms with Gasteiger partial charge in [0.15, 0.2) is 0 Å². The standard InChI is InChI=1S/C15H18FNS/c1-4-17-11(3)14-7-8-15(18-14)12-6-5-10(2)9-13(12)16/h5-9,11,17H,4H2,1-3H3. The molecule has 0 bridgehead atoms. The minimum atomic E-state index is -0.139. The van der Waals surface area contributed by atoms with Crippen molar-refractivity contribution in [1.29, 1.82) is 0 Å². The first kappa shape index (κ1) is 13.2. The van der Waals surface area contributed by atoms with Gasteiger partial charge in [-0.05, 0) is 44.2 Å². The summed E-state index contributed by atoms with van der Waals surface area (Å²) < 4.78 is 13.9. The second-order valence-electron chi connectivity index (χ2n) is 4.46. The SMILES string of the molecule is CCNC(C)c1ccc(-c2ccc(C)cc2F)s1. The number of nitrogens with one attached hydrogen (secondary N) is 1. The van der Waals surface area contributed by atoms with E-state index in [-0.39, 0.29) is 5.82 Å². The summed E-state index contributed by atoms with van der Waals surface area (Å²) in [6, 6.07) is 9.79. The molecule has 0 radical (unpaired) electrons. The van der Waals surface area contributed by atoms with Gasteiger partial charge in [0.1, 0.15) is 5.82 Å². The zero-order valence-electron chi connectivity index (χ0n) is 11.0. The summed E-state index contributed by atoms with van der Waals surface area (Å²) in [5, 5.41) is 3.37. The van der Waals surface area contributed by atoms with E-state index in [2.05, 4.69) is 25.2 Å². The van der Waals surface area contributed by atoms with Crippen LogP contribution in [0, 0.1) is 12.7 Å². The first-order valence-corrected chi connectivity index (χ1v) is 7.03. The molecule has 0 aliphatic heterocycles. The number of aryl methyl sites for hydroxylation is 1. The summed E-state index contributed by atoms with van der Waals surface area (Å²) in [5.41, 5.74) is 1.65. The van der Waals surface area contributed by atoms with Crippen LogP contribution in [-0.2, 0) is 0 Å². The van der Waals surface area contributed by atoms with Crippen LogP contribution in [0.4, 0.5) is 4.39 Å². The number of halogens is 1. The van der Waals surface area contributed by atoms with E-state index in [1.54, 1.807) is 17.4 Å². The Bertz CT molecular complexity index is 533. The maximum atomic E-state index is 13.9. The number of rotatable bonds is 4. The molecule has 3 heteroatoms. The minimum absolute atomic E-state index is 0.139. The van der Waals surface area contributed by atoms with E-state index in [4.69, 9.17) is 0 Å². The van der Waals surface area contributed by atoms with Gasteiger partial charge in [0, 0.05) is 21.4 Å². The molecule has 2 rings (SSSR count). The third-order valence-electron chi connectivity index (χ3n) is 2.95. The molecule has 1 atom stereocenters. The number of hydrogen-bond acceptors (Lipinski definition) is 2. The zero-order chi connectivity index (χ0) is 13.1. The Kier molecular flexibility index (Phi) is 4.15. The van der Waals surface area contributed by atoms with Crippen LogP contribution in [0.25, 0.3) is 10.4 Å². The summed E-state index contributed by atoms with van der Waals surface area (Å²) >= 11 is 1.65. The van der Waals surface area contributed by atoms with Crippen molar-refractivity contribution in [3.8, 4) is 10.4 Å². The van der Waals surface area contributed by atoms with Crippen molar-refractivity contribution >= 4 is 11.3 Å². The first-order chi connectivity index (χ1) is 8.61. The van der Waals surface area contributed by atoms with Gasteiger partial charge < -0.3 is 5.32 Å². The monoisotopic (exact) mass is 263 g/mol. The molecule has 1 heterocycles. The van der Waals surface area contributed by atoms with Crippen molar-refractivity contribution < 1.29 is 4.39 Å². The number of benzene rings is 1. The highest BCUT2D eigenvalue weighted by Gasteiger charge is 2.11. The van der Waals surface area contributed by atoms with Gasteiger partial charge in [-0.3, -0.25) is 0 Å². The number of hydrogen-bond donors (Lipinski definition) is 1.